The fourth-order valence-electron chi connectivity index (χ4n) is 2.91. The molecule has 0 spiro atoms. The van der Waals surface area contributed by atoms with Gasteiger partial charge in [-0.1, -0.05) is 78.9 Å². The Morgan fingerprint density at radius 3 is 2.13 bits per heavy atom. The molecule has 1 rings (SSSR count). The van der Waals surface area contributed by atoms with Crippen LogP contribution >= 0.6 is 0 Å². The molecule has 0 bridgehead atoms. The Morgan fingerprint density at radius 1 is 1.00 bits per heavy atom. The molecule has 1 heteroatoms. The Hall–Kier alpha value is -1.24. The minimum absolute atomic E-state index is 0.0900. The van der Waals surface area contributed by atoms with Crippen LogP contribution in [0, 0.1) is 6.92 Å². The maximum atomic E-state index is 10.4. The molecule has 130 valence electrons. The molecule has 0 saturated heterocycles. The van der Waals surface area contributed by atoms with E-state index in [1.165, 1.54) is 50.5 Å². The molecule has 1 aromatic carbocycles. The van der Waals surface area contributed by atoms with Crippen molar-refractivity contribution in [2.75, 3.05) is 0 Å². The van der Waals surface area contributed by atoms with E-state index in [9.17, 15) is 5.11 Å². The van der Waals surface area contributed by atoms with Crippen LogP contribution in [0.1, 0.15) is 95.8 Å². The molecule has 0 aliphatic heterocycles. The summed E-state index contributed by atoms with van der Waals surface area (Å²) < 4.78 is 0. The van der Waals surface area contributed by atoms with Gasteiger partial charge in [0.2, 0.25) is 0 Å². The first kappa shape index (κ1) is 19.8. The lowest BCUT2D eigenvalue weighted by Crippen LogP contribution is -2.11. The zero-order valence-corrected chi connectivity index (χ0v) is 16.0. The lowest BCUT2D eigenvalue weighted by atomic mass is 9.83. The number of rotatable bonds is 9. The molecule has 0 amide bonds. The highest BCUT2D eigenvalue weighted by atomic mass is 16.3. The monoisotopic (exact) mass is 316 g/mol. The second-order valence-corrected chi connectivity index (χ2v) is 7.91. The van der Waals surface area contributed by atoms with Gasteiger partial charge in [-0.2, -0.15) is 0 Å². The average Bonchev–Trinajstić information content (AvgIpc) is 2.47. The van der Waals surface area contributed by atoms with Gasteiger partial charge in [-0.25, -0.2) is 0 Å². The molecule has 0 aliphatic carbocycles. The molecule has 1 aromatic rings. The van der Waals surface area contributed by atoms with Crippen LogP contribution in [0.2, 0.25) is 0 Å². The van der Waals surface area contributed by atoms with Crippen molar-refractivity contribution in [1.29, 1.82) is 0 Å². The van der Waals surface area contributed by atoms with E-state index in [2.05, 4.69) is 46.4 Å². The zero-order chi connectivity index (χ0) is 17.5. The third-order valence-corrected chi connectivity index (χ3v) is 4.63. The summed E-state index contributed by atoms with van der Waals surface area (Å²) in [5, 5.41) is 10.4. The van der Waals surface area contributed by atoms with Gasteiger partial charge in [-0.3, -0.25) is 0 Å². The number of allylic oxidation sites excluding steroid dienone is 1. The Balaban J connectivity index is 2.60. The van der Waals surface area contributed by atoms with Crippen molar-refractivity contribution in [3.05, 3.63) is 35.4 Å². The maximum Gasteiger partial charge on any atom is 0.125 e. The topological polar surface area (TPSA) is 20.2 Å². The molecule has 0 fully saturated rings. The summed E-state index contributed by atoms with van der Waals surface area (Å²) >= 11 is 0. The van der Waals surface area contributed by atoms with Crippen LogP contribution in [0.4, 0.5) is 0 Å². The van der Waals surface area contributed by atoms with Gasteiger partial charge in [0.1, 0.15) is 5.75 Å². The third kappa shape index (κ3) is 6.41. The fraction of sp³-hybridized carbons (Fsp3) is 0.636. The van der Waals surface area contributed by atoms with E-state index in [1.54, 1.807) is 0 Å². The highest BCUT2D eigenvalue weighted by Crippen LogP contribution is 2.35. The van der Waals surface area contributed by atoms with E-state index in [1.807, 2.05) is 6.92 Å². The lowest BCUT2D eigenvalue weighted by molar-refractivity contribution is 0.467. The van der Waals surface area contributed by atoms with Crippen molar-refractivity contribution in [2.45, 2.75) is 91.4 Å². The molecule has 1 N–H and O–H groups in total. The van der Waals surface area contributed by atoms with Gasteiger partial charge < -0.3 is 5.11 Å². The predicted molar refractivity (Wildman–Crippen MR) is 103 cm³/mol. The molecule has 1 nitrogen and oxygen atoms in total. The summed E-state index contributed by atoms with van der Waals surface area (Å²) in [5.41, 5.74) is 4.33. The van der Waals surface area contributed by atoms with Crippen LogP contribution in [-0.2, 0) is 5.41 Å². The van der Waals surface area contributed by atoms with Gasteiger partial charge in [-0.05, 0) is 47.9 Å². The fourth-order valence-corrected chi connectivity index (χ4v) is 2.91. The largest absolute Gasteiger partial charge is 0.507 e. The van der Waals surface area contributed by atoms with E-state index in [4.69, 9.17) is 0 Å². The van der Waals surface area contributed by atoms with Crippen LogP contribution in [0.5, 0.6) is 5.75 Å². The van der Waals surface area contributed by atoms with Crippen LogP contribution in [0.15, 0.2) is 18.7 Å². The molecule has 0 aliphatic rings. The third-order valence-electron chi connectivity index (χ3n) is 4.63. The first-order valence-corrected chi connectivity index (χ1v) is 9.29. The Bertz CT molecular complexity index is 505. The van der Waals surface area contributed by atoms with Crippen LogP contribution in [0.25, 0.3) is 5.57 Å². The second kappa shape index (κ2) is 9.15. The number of phenolic OH excluding ortho intramolecular Hbond substituents is 1. The van der Waals surface area contributed by atoms with Gasteiger partial charge >= 0.3 is 0 Å². The summed E-state index contributed by atoms with van der Waals surface area (Å²) in [6.07, 6.45) is 10.1. The van der Waals surface area contributed by atoms with Crippen LogP contribution in [0.3, 0.4) is 0 Å². The van der Waals surface area contributed by atoms with E-state index >= 15 is 0 Å². The molecular weight excluding hydrogens is 280 g/mol. The first-order chi connectivity index (χ1) is 10.8. The highest BCUT2D eigenvalue weighted by Gasteiger charge is 2.18. The Labute approximate surface area is 143 Å². The summed E-state index contributed by atoms with van der Waals surface area (Å²) in [7, 11) is 0. The quantitative estimate of drug-likeness (QED) is 0.479. The molecular formula is C22H36O. The first-order valence-electron chi connectivity index (χ1n) is 9.29. The number of unbranched alkanes of at least 4 members (excludes halogenated alkanes) is 6. The van der Waals surface area contributed by atoms with Gasteiger partial charge in [0.25, 0.3) is 0 Å². The van der Waals surface area contributed by atoms with E-state index in [0.717, 1.165) is 23.1 Å². The molecule has 0 saturated carbocycles. The van der Waals surface area contributed by atoms with Crippen LogP contribution in [-0.4, -0.2) is 5.11 Å². The second-order valence-electron chi connectivity index (χ2n) is 7.91. The molecule has 0 heterocycles. The van der Waals surface area contributed by atoms with E-state index in [0.29, 0.717) is 5.75 Å². The number of hydrogen-bond acceptors (Lipinski definition) is 1. The maximum absolute atomic E-state index is 10.4. The Morgan fingerprint density at radius 2 is 1.57 bits per heavy atom. The van der Waals surface area contributed by atoms with Crippen molar-refractivity contribution in [3.8, 4) is 5.75 Å². The van der Waals surface area contributed by atoms with Crippen molar-refractivity contribution < 1.29 is 5.11 Å². The Kier molecular flexibility index (Phi) is 7.88. The van der Waals surface area contributed by atoms with Crippen molar-refractivity contribution in [2.24, 2.45) is 0 Å². The van der Waals surface area contributed by atoms with Crippen molar-refractivity contribution in [1.82, 2.24) is 0 Å². The van der Waals surface area contributed by atoms with Crippen molar-refractivity contribution in [3.63, 3.8) is 0 Å². The number of aromatic hydroxyl groups is 1. The lowest BCUT2D eigenvalue weighted by Gasteiger charge is -2.22. The number of aryl methyl sites for hydroxylation is 1. The molecule has 0 aromatic heterocycles. The predicted octanol–water partition coefficient (Wildman–Crippen LogP) is 7.15. The summed E-state index contributed by atoms with van der Waals surface area (Å²) in [5.74, 6) is 0.408. The van der Waals surface area contributed by atoms with Gasteiger partial charge in [-0.15, -0.1) is 0 Å². The van der Waals surface area contributed by atoms with Gasteiger partial charge in [0.15, 0.2) is 0 Å². The number of phenols is 1. The number of benzene rings is 1. The average molecular weight is 317 g/mol. The van der Waals surface area contributed by atoms with Gasteiger partial charge in [0, 0.05) is 5.56 Å². The molecule has 0 atom stereocenters. The molecule has 23 heavy (non-hydrogen) atoms. The summed E-state index contributed by atoms with van der Waals surface area (Å²) in [6.45, 7) is 15.1. The number of hydrogen-bond donors (Lipinski definition) is 1. The standard InChI is InChI=1S/C22H36O/c1-7-8-9-10-11-12-13-14-17(2)20-16-19(22(4,5)6)15-18(3)21(20)23/h15-16,23H,2,7-14H2,1,3-6H3. The SMILES string of the molecule is C=C(CCCCCCCCC)c1cc(C(C)(C)C)cc(C)c1O. The zero-order valence-electron chi connectivity index (χ0n) is 16.0. The molecule has 0 unspecified atom stereocenters. The summed E-state index contributed by atoms with van der Waals surface area (Å²) in [4.78, 5) is 0. The summed E-state index contributed by atoms with van der Waals surface area (Å²) in [6, 6.07) is 4.23. The van der Waals surface area contributed by atoms with Gasteiger partial charge in [0.05, 0.1) is 0 Å². The van der Waals surface area contributed by atoms with Crippen LogP contribution < -0.4 is 0 Å². The minimum atomic E-state index is 0.0900. The van der Waals surface area contributed by atoms with E-state index in [-0.39, 0.29) is 5.41 Å². The smallest absolute Gasteiger partial charge is 0.125 e. The minimum Gasteiger partial charge on any atom is -0.507 e. The highest BCUT2D eigenvalue weighted by molar-refractivity contribution is 5.71. The molecule has 0 radical (unpaired) electrons. The normalized spacial score (nSPS) is 11.7. The van der Waals surface area contributed by atoms with E-state index < -0.39 is 0 Å². The van der Waals surface area contributed by atoms with Crippen molar-refractivity contribution >= 4 is 5.57 Å².